The SMILES string of the molecule is O=C(CNCCOC1CCCC1)N1CCCCCC1. The predicted octanol–water partition coefficient (Wildman–Crippen LogP) is 1.94. The van der Waals surface area contributed by atoms with Crippen LogP contribution in [0.2, 0.25) is 0 Å². The molecule has 0 unspecified atom stereocenters. The maximum Gasteiger partial charge on any atom is 0.236 e. The Morgan fingerprint density at radius 1 is 1.05 bits per heavy atom. The van der Waals surface area contributed by atoms with Gasteiger partial charge in [-0.25, -0.2) is 0 Å². The zero-order chi connectivity index (χ0) is 13.3. The van der Waals surface area contributed by atoms with Crippen LogP contribution in [0.15, 0.2) is 0 Å². The molecule has 2 aliphatic rings. The largest absolute Gasteiger partial charge is 0.377 e. The van der Waals surface area contributed by atoms with Crippen molar-refractivity contribution >= 4 is 5.91 Å². The lowest BCUT2D eigenvalue weighted by Gasteiger charge is -2.20. The third-order valence-electron chi connectivity index (χ3n) is 4.17. The molecule has 0 aromatic rings. The molecule has 2 rings (SSSR count). The molecule has 2 fully saturated rings. The van der Waals surface area contributed by atoms with Crippen LogP contribution in [0, 0.1) is 0 Å². The number of hydrogen-bond acceptors (Lipinski definition) is 3. The van der Waals surface area contributed by atoms with Gasteiger partial charge in [0.2, 0.25) is 5.91 Å². The van der Waals surface area contributed by atoms with Gasteiger partial charge in [-0.2, -0.15) is 0 Å². The quantitative estimate of drug-likeness (QED) is 0.749. The third kappa shape index (κ3) is 5.49. The number of hydrogen-bond donors (Lipinski definition) is 1. The minimum Gasteiger partial charge on any atom is -0.377 e. The Bertz CT molecular complexity index is 257. The normalized spacial score (nSPS) is 21.6. The molecule has 0 radical (unpaired) electrons. The molecule has 0 aromatic heterocycles. The Hall–Kier alpha value is -0.610. The molecule has 0 spiro atoms. The molecule has 1 saturated heterocycles. The molecule has 1 amide bonds. The molecule has 1 aliphatic carbocycles. The topological polar surface area (TPSA) is 41.6 Å². The van der Waals surface area contributed by atoms with Crippen LogP contribution in [0.1, 0.15) is 51.4 Å². The van der Waals surface area contributed by atoms with Gasteiger partial charge < -0.3 is 15.0 Å². The average Bonchev–Trinajstić information content (AvgIpc) is 2.78. The molecule has 4 heteroatoms. The van der Waals surface area contributed by atoms with E-state index in [1.807, 2.05) is 4.90 Å². The first kappa shape index (κ1) is 14.8. The van der Waals surface area contributed by atoms with Crippen molar-refractivity contribution < 1.29 is 9.53 Å². The van der Waals surface area contributed by atoms with Crippen molar-refractivity contribution in [2.45, 2.75) is 57.5 Å². The number of carbonyl (C=O) groups is 1. The Morgan fingerprint density at radius 2 is 1.74 bits per heavy atom. The van der Waals surface area contributed by atoms with Gasteiger partial charge >= 0.3 is 0 Å². The van der Waals surface area contributed by atoms with E-state index in [1.165, 1.54) is 38.5 Å². The standard InChI is InChI=1S/C15H28N2O2/c18-15(17-10-5-1-2-6-11-17)13-16-9-12-19-14-7-3-4-8-14/h14,16H,1-13H2. The van der Waals surface area contributed by atoms with E-state index in [4.69, 9.17) is 4.74 Å². The van der Waals surface area contributed by atoms with Crippen LogP contribution >= 0.6 is 0 Å². The summed E-state index contributed by atoms with van der Waals surface area (Å²) in [7, 11) is 0. The van der Waals surface area contributed by atoms with E-state index in [0.29, 0.717) is 12.6 Å². The van der Waals surface area contributed by atoms with Crippen LogP contribution in [-0.2, 0) is 9.53 Å². The maximum absolute atomic E-state index is 12.0. The first-order chi connectivity index (χ1) is 9.36. The second-order valence-corrected chi connectivity index (χ2v) is 5.75. The second kappa shape index (κ2) is 8.54. The van der Waals surface area contributed by atoms with Gasteiger partial charge in [0.1, 0.15) is 0 Å². The van der Waals surface area contributed by atoms with Crippen LogP contribution < -0.4 is 5.32 Å². The molecule has 1 heterocycles. The molecule has 1 aliphatic heterocycles. The molecular weight excluding hydrogens is 240 g/mol. The molecule has 4 nitrogen and oxygen atoms in total. The van der Waals surface area contributed by atoms with Crippen LogP contribution in [0.4, 0.5) is 0 Å². The van der Waals surface area contributed by atoms with Gasteiger partial charge in [-0.05, 0) is 25.7 Å². The van der Waals surface area contributed by atoms with Gasteiger partial charge in [-0.1, -0.05) is 25.7 Å². The zero-order valence-corrected chi connectivity index (χ0v) is 12.0. The first-order valence-electron chi connectivity index (χ1n) is 7.96. The number of rotatable bonds is 6. The van der Waals surface area contributed by atoms with Crippen molar-refractivity contribution in [2.75, 3.05) is 32.8 Å². The summed E-state index contributed by atoms with van der Waals surface area (Å²) in [5.41, 5.74) is 0. The van der Waals surface area contributed by atoms with E-state index < -0.39 is 0 Å². The molecule has 0 aromatic carbocycles. The van der Waals surface area contributed by atoms with Gasteiger partial charge in [0.05, 0.1) is 19.3 Å². The number of ether oxygens (including phenoxy) is 1. The van der Waals surface area contributed by atoms with E-state index in [9.17, 15) is 4.79 Å². The molecule has 0 atom stereocenters. The summed E-state index contributed by atoms with van der Waals surface area (Å²) >= 11 is 0. The lowest BCUT2D eigenvalue weighted by atomic mass is 10.2. The molecule has 110 valence electrons. The van der Waals surface area contributed by atoms with Crippen LogP contribution in [-0.4, -0.2) is 49.7 Å². The van der Waals surface area contributed by atoms with Gasteiger partial charge in [0.25, 0.3) is 0 Å². The van der Waals surface area contributed by atoms with E-state index in [0.717, 1.165) is 39.1 Å². The second-order valence-electron chi connectivity index (χ2n) is 5.75. The monoisotopic (exact) mass is 268 g/mol. The Kier molecular flexibility index (Phi) is 6.65. The predicted molar refractivity (Wildman–Crippen MR) is 76.1 cm³/mol. The van der Waals surface area contributed by atoms with Gasteiger partial charge in [0, 0.05) is 19.6 Å². The van der Waals surface area contributed by atoms with Crippen LogP contribution in [0.5, 0.6) is 0 Å². The van der Waals surface area contributed by atoms with E-state index in [1.54, 1.807) is 0 Å². The highest BCUT2D eigenvalue weighted by Gasteiger charge is 2.16. The van der Waals surface area contributed by atoms with Crippen molar-refractivity contribution in [3.63, 3.8) is 0 Å². The van der Waals surface area contributed by atoms with Crippen molar-refractivity contribution in [3.8, 4) is 0 Å². The van der Waals surface area contributed by atoms with Crippen LogP contribution in [0.3, 0.4) is 0 Å². The summed E-state index contributed by atoms with van der Waals surface area (Å²) in [5, 5.41) is 3.21. The third-order valence-corrected chi connectivity index (χ3v) is 4.17. The van der Waals surface area contributed by atoms with E-state index >= 15 is 0 Å². The minimum atomic E-state index is 0.253. The van der Waals surface area contributed by atoms with Crippen molar-refractivity contribution in [1.82, 2.24) is 10.2 Å². The van der Waals surface area contributed by atoms with Gasteiger partial charge in [-0.3, -0.25) is 4.79 Å². The molecule has 0 bridgehead atoms. The fourth-order valence-electron chi connectivity index (χ4n) is 2.98. The summed E-state index contributed by atoms with van der Waals surface area (Å²) in [4.78, 5) is 14.0. The highest BCUT2D eigenvalue weighted by atomic mass is 16.5. The van der Waals surface area contributed by atoms with Crippen molar-refractivity contribution in [3.05, 3.63) is 0 Å². The van der Waals surface area contributed by atoms with Crippen molar-refractivity contribution in [2.24, 2.45) is 0 Å². The molecular formula is C15H28N2O2. The summed E-state index contributed by atoms with van der Waals surface area (Å²) in [6.45, 7) is 3.88. The zero-order valence-electron chi connectivity index (χ0n) is 12.0. The molecule has 1 saturated carbocycles. The average molecular weight is 268 g/mol. The number of carbonyl (C=O) groups excluding carboxylic acids is 1. The number of amides is 1. The minimum absolute atomic E-state index is 0.253. The Balaban J connectivity index is 1.50. The highest BCUT2D eigenvalue weighted by Crippen LogP contribution is 2.20. The highest BCUT2D eigenvalue weighted by molar-refractivity contribution is 5.78. The van der Waals surface area contributed by atoms with E-state index in [-0.39, 0.29) is 5.91 Å². The van der Waals surface area contributed by atoms with Crippen LogP contribution in [0.25, 0.3) is 0 Å². The van der Waals surface area contributed by atoms with E-state index in [2.05, 4.69) is 5.32 Å². The molecule has 1 N–H and O–H groups in total. The number of nitrogens with zero attached hydrogens (tertiary/aromatic N) is 1. The first-order valence-corrected chi connectivity index (χ1v) is 7.96. The fraction of sp³-hybridized carbons (Fsp3) is 0.933. The Labute approximate surface area is 116 Å². The van der Waals surface area contributed by atoms with Gasteiger partial charge in [-0.15, -0.1) is 0 Å². The number of nitrogens with one attached hydrogen (secondary N) is 1. The summed E-state index contributed by atoms with van der Waals surface area (Å²) < 4.78 is 5.76. The summed E-state index contributed by atoms with van der Waals surface area (Å²) in [6.07, 6.45) is 10.4. The summed E-state index contributed by atoms with van der Waals surface area (Å²) in [5.74, 6) is 0.253. The lowest BCUT2D eigenvalue weighted by Crippen LogP contribution is -2.39. The number of likely N-dealkylation sites (tertiary alicyclic amines) is 1. The fourth-order valence-corrected chi connectivity index (χ4v) is 2.98. The molecule has 19 heavy (non-hydrogen) atoms. The summed E-state index contributed by atoms with van der Waals surface area (Å²) in [6, 6.07) is 0. The maximum atomic E-state index is 12.0. The lowest BCUT2D eigenvalue weighted by molar-refractivity contribution is -0.130. The smallest absolute Gasteiger partial charge is 0.236 e. The van der Waals surface area contributed by atoms with Gasteiger partial charge in [0.15, 0.2) is 0 Å². The Morgan fingerprint density at radius 3 is 2.42 bits per heavy atom. The van der Waals surface area contributed by atoms with Crippen molar-refractivity contribution in [1.29, 1.82) is 0 Å².